The molecule has 2 aromatic rings. The second-order valence-corrected chi connectivity index (χ2v) is 6.35. The summed E-state index contributed by atoms with van der Waals surface area (Å²) in [6.45, 7) is 6.46. The van der Waals surface area contributed by atoms with Crippen LogP contribution in [-0.4, -0.2) is 5.91 Å². The molecule has 104 valence electrons. The van der Waals surface area contributed by atoms with Crippen molar-refractivity contribution in [2.45, 2.75) is 31.1 Å². The lowest BCUT2D eigenvalue weighted by molar-refractivity contribution is 0.102. The molecule has 2 nitrogen and oxygen atoms in total. The summed E-state index contributed by atoms with van der Waals surface area (Å²) in [7, 11) is 0. The summed E-state index contributed by atoms with van der Waals surface area (Å²) in [5.74, 6) is -0.107. The largest absolute Gasteiger partial charge is 0.322 e. The SMILES string of the molecule is CC(C)(C)c1ccc(C(=O)Nc2cccc(S)c2)cc1. The van der Waals surface area contributed by atoms with Gasteiger partial charge in [-0.3, -0.25) is 4.79 Å². The van der Waals surface area contributed by atoms with E-state index in [-0.39, 0.29) is 11.3 Å². The van der Waals surface area contributed by atoms with Crippen LogP contribution in [0.25, 0.3) is 0 Å². The van der Waals surface area contributed by atoms with Crippen LogP contribution in [0.15, 0.2) is 53.4 Å². The number of carbonyl (C=O) groups excluding carboxylic acids is 1. The van der Waals surface area contributed by atoms with Crippen molar-refractivity contribution in [1.29, 1.82) is 0 Å². The van der Waals surface area contributed by atoms with E-state index in [4.69, 9.17) is 0 Å². The van der Waals surface area contributed by atoms with Gasteiger partial charge >= 0.3 is 0 Å². The van der Waals surface area contributed by atoms with Crippen LogP contribution in [0.4, 0.5) is 5.69 Å². The van der Waals surface area contributed by atoms with Crippen molar-refractivity contribution >= 4 is 24.2 Å². The average Bonchev–Trinajstić information content (AvgIpc) is 2.38. The van der Waals surface area contributed by atoms with Crippen LogP contribution in [0.2, 0.25) is 0 Å². The fourth-order valence-corrected chi connectivity index (χ4v) is 2.13. The number of hydrogen-bond acceptors (Lipinski definition) is 2. The number of hydrogen-bond donors (Lipinski definition) is 2. The third-order valence-electron chi connectivity index (χ3n) is 3.12. The highest BCUT2D eigenvalue weighted by Gasteiger charge is 2.14. The lowest BCUT2D eigenvalue weighted by atomic mass is 9.87. The van der Waals surface area contributed by atoms with Gasteiger partial charge in [-0.1, -0.05) is 39.0 Å². The third kappa shape index (κ3) is 3.64. The summed E-state index contributed by atoms with van der Waals surface area (Å²) in [5.41, 5.74) is 2.71. The van der Waals surface area contributed by atoms with Crippen LogP contribution in [0.1, 0.15) is 36.7 Å². The minimum atomic E-state index is -0.107. The Morgan fingerprint density at radius 3 is 2.25 bits per heavy atom. The fourth-order valence-electron chi connectivity index (χ4n) is 1.91. The molecule has 0 bridgehead atoms. The van der Waals surface area contributed by atoms with Crippen molar-refractivity contribution in [3.63, 3.8) is 0 Å². The standard InChI is InChI=1S/C17H19NOS/c1-17(2,3)13-9-7-12(8-10-13)16(19)18-14-5-4-6-15(20)11-14/h4-11,20H,1-3H3,(H,18,19). The van der Waals surface area contributed by atoms with E-state index in [0.29, 0.717) is 5.56 Å². The van der Waals surface area contributed by atoms with Crippen molar-refractivity contribution in [3.05, 3.63) is 59.7 Å². The van der Waals surface area contributed by atoms with Gasteiger partial charge in [0.25, 0.3) is 5.91 Å². The first-order valence-corrected chi connectivity index (χ1v) is 7.02. The molecule has 0 atom stereocenters. The number of thiol groups is 1. The highest BCUT2D eigenvalue weighted by molar-refractivity contribution is 7.80. The number of rotatable bonds is 2. The summed E-state index contributed by atoms with van der Waals surface area (Å²) in [4.78, 5) is 13.0. The molecule has 0 saturated carbocycles. The van der Waals surface area contributed by atoms with E-state index in [0.717, 1.165) is 10.6 Å². The predicted molar refractivity (Wildman–Crippen MR) is 86.8 cm³/mol. The van der Waals surface area contributed by atoms with Crippen molar-refractivity contribution in [1.82, 2.24) is 0 Å². The maximum absolute atomic E-state index is 12.2. The van der Waals surface area contributed by atoms with E-state index in [2.05, 4.69) is 38.7 Å². The van der Waals surface area contributed by atoms with Crippen LogP contribution >= 0.6 is 12.6 Å². The second-order valence-electron chi connectivity index (χ2n) is 5.83. The Balaban J connectivity index is 2.14. The van der Waals surface area contributed by atoms with Crippen LogP contribution in [-0.2, 0) is 5.41 Å². The van der Waals surface area contributed by atoms with Crippen LogP contribution in [0.3, 0.4) is 0 Å². The van der Waals surface area contributed by atoms with E-state index in [9.17, 15) is 4.79 Å². The number of anilines is 1. The highest BCUT2D eigenvalue weighted by atomic mass is 32.1. The highest BCUT2D eigenvalue weighted by Crippen LogP contribution is 2.22. The molecule has 20 heavy (non-hydrogen) atoms. The summed E-state index contributed by atoms with van der Waals surface area (Å²) in [6, 6.07) is 15.1. The molecule has 0 fully saturated rings. The van der Waals surface area contributed by atoms with E-state index >= 15 is 0 Å². The number of carbonyl (C=O) groups is 1. The molecule has 0 spiro atoms. The molecule has 0 saturated heterocycles. The summed E-state index contributed by atoms with van der Waals surface area (Å²) >= 11 is 4.26. The first-order chi connectivity index (χ1) is 9.36. The number of amides is 1. The van der Waals surface area contributed by atoms with Crippen molar-refractivity contribution in [2.75, 3.05) is 5.32 Å². The molecule has 2 rings (SSSR count). The van der Waals surface area contributed by atoms with E-state index < -0.39 is 0 Å². The summed E-state index contributed by atoms with van der Waals surface area (Å²) in [5, 5.41) is 2.87. The minimum Gasteiger partial charge on any atom is -0.322 e. The molecule has 3 heteroatoms. The van der Waals surface area contributed by atoms with Gasteiger partial charge in [-0.15, -0.1) is 12.6 Å². The van der Waals surface area contributed by atoms with Gasteiger partial charge in [0.1, 0.15) is 0 Å². The fraction of sp³-hybridized carbons (Fsp3) is 0.235. The smallest absolute Gasteiger partial charge is 0.255 e. The van der Waals surface area contributed by atoms with Gasteiger partial charge in [-0.2, -0.15) is 0 Å². The maximum Gasteiger partial charge on any atom is 0.255 e. The molecule has 0 aromatic heterocycles. The van der Waals surface area contributed by atoms with Crippen LogP contribution in [0, 0.1) is 0 Å². The molecule has 0 unspecified atom stereocenters. The maximum atomic E-state index is 12.2. The predicted octanol–water partition coefficient (Wildman–Crippen LogP) is 4.53. The molecule has 0 radical (unpaired) electrons. The van der Waals surface area contributed by atoms with Gasteiger partial charge in [0.2, 0.25) is 0 Å². The van der Waals surface area contributed by atoms with Gasteiger partial charge in [0.05, 0.1) is 0 Å². The van der Waals surface area contributed by atoms with E-state index in [1.165, 1.54) is 5.56 Å². The zero-order chi connectivity index (χ0) is 14.8. The van der Waals surface area contributed by atoms with Gasteiger partial charge in [0, 0.05) is 16.1 Å². The number of nitrogens with one attached hydrogen (secondary N) is 1. The molecule has 1 N–H and O–H groups in total. The monoisotopic (exact) mass is 285 g/mol. The van der Waals surface area contributed by atoms with Crippen LogP contribution in [0.5, 0.6) is 0 Å². The molecule has 1 amide bonds. The van der Waals surface area contributed by atoms with Crippen LogP contribution < -0.4 is 5.32 Å². The van der Waals surface area contributed by atoms with Gasteiger partial charge < -0.3 is 5.32 Å². The van der Waals surface area contributed by atoms with E-state index in [1.807, 2.05) is 48.5 Å². The van der Waals surface area contributed by atoms with Crippen molar-refractivity contribution < 1.29 is 4.79 Å². The van der Waals surface area contributed by atoms with Gasteiger partial charge in [0.15, 0.2) is 0 Å². The topological polar surface area (TPSA) is 29.1 Å². The zero-order valence-electron chi connectivity index (χ0n) is 12.0. The third-order valence-corrected chi connectivity index (χ3v) is 3.40. The lowest BCUT2D eigenvalue weighted by Crippen LogP contribution is -2.14. The molecule has 0 aliphatic rings. The Labute approximate surface area is 125 Å². The van der Waals surface area contributed by atoms with E-state index in [1.54, 1.807) is 0 Å². The van der Waals surface area contributed by atoms with Gasteiger partial charge in [-0.05, 0) is 41.3 Å². The number of benzene rings is 2. The summed E-state index contributed by atoms with van der Waals surface area (Å²) in [6.07, 6.45) is 0. The molecular weight excluding hydrogens is 266 g/mol. The molecule has 0 aliphatic heterocycles. The molecule has 2 aromatic carbocycles. The second kappa shape index (κ2) is 5.71. The Kier molecular flexibility index (Phi) is 4.19. The average molecular weight is 285 g/mol. The van der Waals surface area contributed by atoms with Crippen molar-refractivity contribution in [3.8, 4) is 0 Å². The molecule has 0 aliphatic carbocycles. The Morgan fingerprint density at radius 1 is 1.05 bits per heavy atom. The van der Waals surface area contributed by atoms with Crippen molar-refractivity contribution in [2.24, 2.45) is 0 Å². The lowest BCUT2D eigenvalue weighted by Gasteiger charge is -2.19. The molecular formula is C17H19NOS. The quantitative estimate of drug-likeness (QED) is 0.780. The van der Waals surface area contributed by atoms with Gasteiger partial charge in [-0.25, -0.2) is 0 Å². The first kappa shape index (κ1) is 14.7. The minimum absolute atomic E-state index is 0.0926. The Hall–Kier alpha value is -1.74. The first-order valence-electron chi connectivity index (χ1n) is 6.57. The Morgan fingerprint density at radius 2 is 1.70 bits per heavy atom. The summed E-state index contributed by atoms with van der Waals surface area (Å²) < 4.78 is 0. The normalized spacial score (nSPS) is 11.2. The Bertz CT molecular complexity index is 612. The zero-order valence-corrected chi connectivity index (χ0v) is 12.9. The molecule has 0 heterocycles.